The van der Waals surface area contributed by atoms with Crippen LogP contribution in [0, 0.1) is 17.2 Å². The van der Waals surface area contributed by atoms with Gasteiger partial charge in [-0.15, -0.1) is 0 Å². The van der Waals surface area contributed by atoms with Crippen LogP contribution in [0.1, 0.15) is 31.2 Å². The number of aliphatic imine (C=N–C) groups is 1. The van der Waals surface area contributed by atoms with Crippen LogP contribution in [0.25, 0.3) is 0 Å². The number of benzene rings is 1. The lowest BCUT2D eigenvalue weighted by Gasteiger charge is -2.38. The molecule has 3 aliphatic heterocycles. The van der Waals surface area contributed by atoms with Gasteiger partial charge in [0.2, 0.25) is 0 Å². The molecule has 0 saturated carbocycles. The highest BCUT2D eigenvalue weighted by atomic mass is 16.2. The Bertz CT molecular complexity index is 948. The van der Waals surface area contributed by atoms with E-state index in [1.807, 2.05) is 26.2 Å². The van der Waals surface area contributed by atoms with Crippen LogP contribution in [0.3, 0.4) is 0 Å². The summed E-state index contributed by atoms with van der Waals surface area (Å²) in [5.74, 6) is 0.768. The van der Waals surface area contributed by atoms with Crippen LogP contribution in [-0.4, -0.2) is 80.4 Å². The highest BCUT2D eigenvalue weighted by Gasteiger charge is 2.30. The maximum Gasteiger partial charge on any atom is 0.319 e. The fourth-order valence-electron chi connectivity index (χ4n) is 4.63. The van der Waals surface area contributed by atoms with E-state index in [-0.39, 0.29) is 30.2 Å². The zero-order valence-corrected chi connectivity index (χ0v) is 19.0. The molecule has 0 radical (unpaired) electrons. The zero-order valence-electron chi connectivity index (χ0n) is 19.0. The van der Waals surface area contributed by atoms with Gasteiger partial charge in [0.25, 0.3) is 5.91 Å². The quantitative estimate of drug-likeness (QED) is 0.748. The summed E-state index contributed by atoms with van der Waals surface area (Å²) in [5, 5.41) is 14.9. The molecule has 0 aromatic heterocycles. The lowest BCUT2D eigenvalue weighted by molar-refractivity contribution is -0.110. The Morgan fingerprint density at radius 3 is 2.53 bits per heavy atom. The van der Waals surface area contributed by atoms with Gasteiger partial charge in [-0.05, 0) is 36.5 Å². The number of amides is 3. The molecule has 2 saturated heterocycles. The van der Waals surface area contributed by atoms with Crippen LogP contribution in [0.15, 0.2) is 23.2 Å². The van der Waals surface area contributed by atoms with Crippen molar-refractivity contribution in [3.8, 4) is 6.07 Å². The van der Waals surface area contributed by atoms with Crippen molar-refractivity contribution in [3.05, 3.63) is 23.8 Å². The van der Waals surface area contributed by atoms with Crippen LogP contribution in [0.2, 0.25) is 0 Å². The molecule has 170 valence electrons. The lowest BCUT2D eigenvalue weighted by atomic mass is 9.94. The molecule has 1 unspecified atom stereocenters. The summed E-state index contributed by atoms with van der Waals surface area (Å²) >= 11 is 0. The zero-order chi connectivity index (χ0) is 22.8. The number of carbonyl (C=O) groups is 2. The molecule has 3 aliphatic rings. The monoisotopic (exact) mass is 437 g/mol. The Morgan fingerprint density at radius 1 is 1.22 bits per heavy atom. The largest absolute Gasteiger partial charge is 0.370 e. The number of hydrogen-bond acceptors (Lipinski definition) is 6. The van der Waals surface area contributed by atoms with E-state index in [9.17, 15) is 9.59 Å². The summed E-state index contributed by atoms with van der Waals surface area (Å²) in [4.78, 5) is 34.9. The van der Waals surface area contributed by atoms with Crippen LogP contribution >= 0.6 is 0 Å². The first kappa shape index (κ1) is 21.9. The van der Waals surface area contributed by atoms with E-state index >= 15 is 0 Å². The normalized spacial score (nSPS) is 22.4. The van der Waals surface area contributed by atoms with Crippen molar-refractivity contribution in [2.24, 2.45) is 10.9 Å². The highest BCUT2D eigenvalue weighted by molar-refractivity contribution is 6.42. The second-order valence-corrected chi connectivity index (χ2v) is 9.16. The van der Waals surface area contributed by atoms with Gasteiger partial charge in [-0.2, -0.15) is 5.26 Å². The van der Waals surface area contributed by atoms with Crippen LogP contribution in [0.4, 0.5) is 16.2 Å². The number of urea groups is 1. The molecule has 9 heteroatoms. The number of nitriles is 1. The average molecular weight is 438 g/mol. The Labute approximate surface area is 189 Å². The average Bonchev–Trinajstić information content (AvgIpc) is 3.27. The molecule has 0 spiro atoms. The van der Waals surface area contributed by atoms with Crippen molar-refractivity contribution in [2.75, 3.05) is 57.0 Å². The molecule has 32 heavy (non-hydrogen) atoms. The van der Waals surface area contributed by atoms with Crippen molar-refractivity contribution in [1.82, 2.24) is 15.1 Å². The first-order valence-corrected chi connectivity index (χ1v) is 11.2. The molecule has 3 amide bonds. The van der Waals surface area contributed by atoms with Crippen molar-refractivity contribution >= 4 is 29.1 Å². The smallest absolute Gasteiger partial charge is 0.319 e. The number of rotatable bonds is 4. The summed E-state index contributed by atoms with van der Waals surface area (Å²) in [7, 11) is 3.66. The third kappa shape index (κ3) is 4.49. The molecule has 2 N–H and O–H groups in total. The SMILES string of the molecule is CC1CCN(c2cc(C3CN(C)C(=O)N(C)C3)ccc2NC(=O)C2=NCC(C#N)N2)CC1. The van der Waals surface area contributed by atoms with E-state index in [1.165, 1.54) is 0 Å². The lowest BCUT2D eigenvalue weighted by Crippen LogP contribution is -2.49. The van der Waals surface area contributed by atoms with E-state index < -0.39 is 6.04 Å². The molecule has 4 rings (SSSR count). The number of carbonyl (C=O) groups excluding carboxylic acids is 2. The van der Waals surface area contributed by atoms with E-state index in [0.29, 0.717) is 19.0 Å². The van der Waals surface area contributed by atoms with Crippen molar-refractivity contribution in [3.63, 3.8) is 0 Å². The van der Waals surface area contributed by atoms with E-state index in [1.54, 1.807) is 9.80 Å². The maximum absolute atomic E-state index is 12.8. The summed E-state index contributed by atoms with van der Waals surface area (Å²) in [6.07, 6.45) is 2.22. The van der Waals surface area contributed by atoms with Crippen molar-refractivity contribution in [1.29, 1.82) is 5.26 Å². The number of anilines is 2. The van der Waals surface area contributed by atoms with Gasteiger partial charge in [-0.3, -0.25) is 9.79 Å². The van der Waals surface area contributed by atoms with Gasteiger partial charge in [0, 0.05) is 46.2 Å². The summed E-state index contributed by atoms with van der Waals surface area (Å²) in [6.45, 7) is 5.77. The van der Waals surface area contributed by atoms with Gasteiger partial charge < -0.3 is 25.3 Å². The number of piperidine rings is 1. The maximum atomic E-state index is 12.8. The summed E-state index contributed by atoms with van der Waals surface area (Å²) < 4.78 is 0. The van der Waals surface area contributed by atoms with Gasteiger partial charge in [0.15, 0.2) is 5.84 Å². The van der Waals surface area contributed by atoms with E-state index in [0.717, 1.165) is 42.9 Å². The molecular formula is C23H31N7O2. The minimum atomic E-state index is -0.454. The van der Waals surface area contributed by atoms with Crippen LogP contribution in [0.5, 0.6) is 0 Å². The van der Waals surface area contributed by atoms with Crippen LogP contribution in [-0.2, 0) is 4.79 Å². The van der Waals surface area contributed by atoms with Crippen molar-refractivity contribution in [2.45, 2.75) is 31.7 Å². The molecule has 9 nitrogen and oxygen atoms in total. The minimum absolute atomic E-state index is 0.0379. The minimum Gasteiger partial charge on any atom is -0.370 e. The van der Waals surface area contributed by atoms with Gasteiger partial charge in [-0.25, -0.2) is 4.79 Å². The van der Waals surface area contributed by atoms with Gasteiger partial charge in [0.05, 0.1) is 24.0 Å². The number of likely N-dealkylation sites (N-methyl/N-ethyl adjacent to an activating group) is 2. The third-order valence-corrected chi connectivity index (χ3v) is 6.62. The predicted molar refractivity (Wildman–Crippen MR) is 124 cm³/mol. The number of hydrogen-bond donors (Lipinski definition) is 2. The Balaban J connectivity index is 1.59. The van der Waals surface area contributed by atoms with Crippen molar-refractivity contribution < 1.29 is 9.59 Å². The Kier molecular flexibility index (Phi) is 6.21. The number of nitrogens with zero attached hydrogens (tertiary/aromatic N) is 5. The second-order valence-electron chi connectivity index (χ2n) is 9.16. The molecule has 0 bridgehead atoms. The molecular weight excluding hydrogens is 406 g/mol. The molecule has 2 fully saturated rings. The molecule has 0 aliphatic carbocycles. The van der Waals surface area contributed by atoms with Crippen LogP contribution < -0.4 is 15.5 Å². The summed E-state index contributed by atoms with van der Waals surface area (Å²) in [6, 6.07) is 7.82. The van der Waals surface area contributed by atoms with E-state index in [4.69, 9.17) is 5.26 Å². The first-order chi connectivity index (χ1) is 15.4. The fraction of sp³-hybridized carbons (Fsp3) is 0.565. The topological polar surface area (TPSA) is 104 Å². The first-order valence-electron chi connectivity index (χ1n) is 11.2. The standard InChI is InChI=1S/C23H31N7O2/c1-15-6-8-30(9-7-15)20-10-16(17-13-28(2)23(32)29(3)14-17)4-5-19(20)27-22(31)21-25-12-18(11-24)26-21/h4-5,10,15,17-18H,6-9,12-14H2,1-3H3,(H,25,26)(H,27,31). The summed E-state index contributed by atoms with van der Waals surface area (Å²) in [5.41, 5.74) is 2.90. The van der Waals surface area contributed by atoms with Gasteiger partial charge >= 0.3 is 6.03 Å². The molecule has 1 aromatic carbocycles. The number of nitrogens with one attached hydrogen (secondary N) is 2. The molecule has 1 aromatic rings. The third-order valence-electron chi connectivity index (χ3n) is 6.62. The number of amidine groups is 1. The molecule has 1 atom stereocenters. The predicted octanol–water partition coefficient (Wildman–Crippen LogP) is 1.84. The Morgan fingerprint density at radius 2 is 1.91 bits per heavy atom. The Hall–Kier alpha value is -3.28. The second kappa shape index (κ2) is 9.07. The molecule has 3 heterocycles. The fourth-order valence-corrected chi connectivity index (χ4v) is 4.63. The van der Waals surface area contributed by atoms with E-state index in [2.05, 4.69) is 39.6 Å². The highest BCUT2D eigenvalue weighted by Crippen LogP contribution is 2.34. The van der Waals surface area contributed by atoms with Gasteiger partial charge in [0.1, 0.15) is 6.04 Å². The van der Waals surface area contributed by atoms with Gasteiger partial charge in [-0.1, -0.05) is 13.0 Å².